The summed E-state index contributed by atoms with van der Waals surface area (Å²) in [5, 5.41) is 8.65. The van der Waals surface area contributed by atoms with E-state index in [1.807, 2.05) is 0 Å². The maximum absolute atomic E-state index is 12.8. The molecule has 5 rings (SSSR count). The Kier molecular flexibility index (Phi) is 4.79. The molecule has 0 spiro atoms. The second-order valence-electron chi connectivity index (χ2n) is 8.46. The van der Waals surface area contributed by atoms with E-state index in [-0.39, 0.29) is 35.8 Å². The number of benzene rings is 1. The molecule has 1 aromatic carbocycles. The van der Waals surface area contributed by atoms with Crippen molar-refractivity contribution >= 4 is 34.5 Å². The lowest BCUT2D eigenvalue weighted by molar-refractivity contribution is -0.159. The van der Waals surface area contributed by atoms with E-state index >= 15 is 0 Å². The van der Waals surface area contributed by atoms with Gasteiger partial charge in [0.2, 0.25) is 17.6 Å². The van der Waals surface area contributed by atoms with Gasteiger partial charge in [-0.1, -0.05) is 25.0 Å². The molecule has 0 N–H and O–H groups in total. The third-order valence-corrected chi connectivity index (χ3v) is 6.64. The third-order valence-electron chi connectivity index (χ3n) is 6.64. The van der Waals surface area contributed by atoms with Crippen LogP contribution in [0, 0.1) is 11.8 Å². The Morgan fingerprint density at radius 1 is 1.09 bits per heavy atom. The van der Waals surface area contributed by atoms with Crippen molar-refractivity contribution in [2.24, 2.45) is 18.9 Å². The van der Waals surface area contributed by atoms with Crippen molar-refractivity contribution in [2.75, 3.05) is 0 Å². The van der Waals surface area contributed by atoms with Gasteiger partial charge in [0.1, 0.15) is 6.04 Å². The first-order valence-corrected chi connectivity index (χ1v) is 10.8. The van der Waals surface area contributed by atoms with Crippen molar-refractivity contribution in [3.63, 3.8) is 0 Å². The van der Waals surface area contributed by atoms with Gasteiger partial charge in [0.25, 0.3) is 5.56 Å². The zero-order valence-electron chi connectivity index (χ0n) is 17.9. The number of hydrogen-bond donors (Lipinski definition) is 0. The number of amides is 2. The van der Waals surface area contributed by atoms with Gasteiger partial charge in [-0.15, -0.1) is 10.2 Å². The Hall–Kier alpha value is -3.56. The van der Waals surface area contributed by atoms with Gasteiger partial charge in [-0.2, -0.15) is 0 Å². The summed E-state index contributed by atoms with van der Waals surface area (Å²) in [7, 11) is 1.60. The van der Waals surface area contributed by atoms with Crippen LogP contribution in [0.1, 0.15) is 38.4 Å². The van der Waals surface area contributed by atoms with E-state index in [0.717, 1.165) is 17.7 Å². The number of aromatic nitrogens is 4. The van der Waals surface area contributed by atoms with Crippen LogP contribution >= 0.6 is 0 Å². The maximum atomic E-state index is 12.8. The molecule has 3 heterocycles. The zero-order valence-corrected chi connectivity index (χ0v) is 17.9. The van der Waals surface area contributed by atoms with Gasteiger partial charge in [-0.25, -0.2) is 4.79 Å². The number of carbonyl (C=O) groups excluding carboxylic acids is 3. The Morgan fingerprint density at radius 3 is 2.44 bits per heavy atom. The quantitative estimate of drug-likeness (QED) is 0.445. The van der Waals surface area contributed by atoms with Gasteiger partial charge >= 0.3 is 5.97 Å². The van der Waals surface area contributed by atoms with Crippen LogP contribution in [0.5, 0.6) is 0 Å². The summed E-state index contributed by atoms with van der Waals surface area (Å²) in [6, 6.07) is 6.02. The lowest BCUT2D eigenvalue weighted by atomic mass is 9.81. The summed E-state index contributed by atoms with van der Waals surface area (Å²) < 4.78 is 8.49. The first kappa shape index (κ1) is 20.3. The van der Waals surface area contributed by atoms with Crippen LogP contribution < -0.4 is 5.56 Å². The predicted octanol–water partition coefficient (Wildman–Crippen LogP) is 1.19. The van der Waals surface area contributed by atoms with E-state index in [4.69, 9.17) is 4.74 Å². The van der Waals surface area contributed by atoms with Crippen molar-refractivity contribution in [1.82, 2.24) is 24.1 Å². The molecule has 1 saturated heterocycles. The molecule has 3 aromatic rings. The number of rotatable bonds is 4. The summed E-state index contributed by atoms with van der Waals surface area (Å²) >= 11 is 0. The van der Waals surface area contributed by atoms with Gasteiger partial charge < -0.3 is 4.74 Å². The molecular formula is C22H23N5O5. The number of carbonyl (C=O) groups is 3. The average molecular weight is 437 g/mol. The van der Waals surface area contributed by atoms with E-state index in [1.165, 1.54) is 11.5 Å². The van der Waals surface area contributed by atoms with Crippen LogP contribution in [0.2, 0.25) is 0 Å². The fraction of sp³-hybridized carbons (Fsp3) is 0.455. The molecule has 0 radical (unpaired) electrons. The predicted molar refractivity (Wildman–Crippen MR) is 112 cm³/mol. The molecule has 1 saturated carbocycles. The summed E-state index contributed by atoms with van der Waals surface area (Å²) in [6.07, 6.45) is 3.21. The van der Waals surface area contributed by atoms with Crippen LogP contribution in [0.3, 0.4) is 0 Å². The standard InChI is InChI=1S/C22H23N5O5/c1-12(26-19(29)13-7-3-4-8-14(13)20(26)30)21(31)32-11-17-23-24-22-25(2)18(28)15-9-5-6-10-16(15)27(17)22/h5-6,9-10,12-14H,3-4,7-8,11H2,1-2H3/t12-,13?,14?/m0/s1. The van der Waals surface area contributed by atoms with E-state index in [0.29, 0.717) is 35.3 Å². The number of likely N-dealkylation sites (tertiary alicyclic amines) is 1. The number of aryl methyl sites for hydroxylation is 1. The Balaban J connectivity index is 1.39. The monoisotopic (exact) mass is 437 g/mol. The molecule has 2 amide bonds. The lowest BCUT2D eigenvalue weighted by Gasteiger charge is -2.21. The molecule has 2 aliphatic rings. The van der Waals surface area contributed by atoms with E-state index in [9.17, 15) is 19.2 Å². The normalized spacial score (nSPS) is 21.9. The summed E-state index contributed by atoms with van der Waals surface area (Å²) in [5.74, 6) is -1.23. The van der Waals surface area contributed by atoms with Crippen LogP contribution in [0.4, 0.5) is 0 Å². The number of fused-ring (bicyclic) bond motifs is 4. The van der Waals surface area contributed by atoms with Crippen molar-refractivity contribution in [3.05, 3.63) is 40.4 Å². The highest BCUT2D eigenvalue weighted by Crippen LogP contribution is 2.38. The van der Waals surface area contributed by atoms with Crippen molar-refractivity contribution < 1.29 is 19.1 Å². The molecule has 1 aliphatic heterocycles. The largest absolute Gasteiger partial charge is 0.456 e. The highest BCUT2D eigenvalue weighted by Gasteiger charge is 2.51. The number of para-hydroxylation sites is 1. The molecule has 1 aliphatic carbocycles. The fourth-order valence-electron chi connectivity index (χ4n) is 4.92. The fourth-order valence-corrected chi connectivity index (χ4v) is 4.92. The number of nitrogens with zero attached hydrogens (tertiary/aromatic N) is 5. The van der Waals surface area contributed by atoms with Gasteiger partial charge in [0.15, 0.2) is 12.4 Å². The molecule has 2 aromatic heterocycles. The minimum absolute atomic E-state index is 0.204. The lowest BCUT2D eigenvalue weighted by Crippen LogP contribution is -2.44. The second kappa shape index (κ2) is 7.54. The molecule has 10 heteroatoms. The van der Waals surface area contributed by atoms with Crippen molar-refractivity contribution in [1.29, 1.82) is 0 Å². The smallest absolute Gasteiger partial charge is 0.329 e. The maximum Gasteiger partial charge on any atom is 0.329 e. The average Bonchev–Trinajstić information content (AvgIpc) is 3.35. The first-order valence-electron chi connectivity index (χ1n) is 10.8. The topological polar surface area (TPSA) is 116 Å². The van der Waals surface area contributed by atoms with E-state index in [2.05, 4.69) is 10.2 Å². The number of ether oxygens (including phenoxy) is 1. The number of imide groups is 1. The highest BCUT2D eigenvalue weighted by atomic mass is 16.5. The van der Waals surface area contributed by atoms with Crippen LogP contribution in [0.25, 0.3) is 16.7 Å². The van der Waals surface area contributed by atoms with Crippen LogP contribution in [-0.4, -0.2) is 47.9 Å². The molecule has 0 bridgehead atoms. The summed E-state index contributed by atoms with van der Waals surface area (Å²) in [4.78, 5) is 51.9. The Labute approximate surface area is 182 Å². The van der Waals surface area contributed by atoms with Gasteiger partial charge in [0.05, 0.1) is 22.7 Å². The number of esters is 1. The summed E-state index contributed by atoms with van der Waals surface area (Å²) in [5.41, 5.74) is 0.397. The van der Waals surface area contributed by atoms with Gasteiger partial charge in [-0.05, 0) is 31.9 Å². The SMILES string of the molecule is C[C@@H](C(=O)OCc1nnc2n(C)c(=O)c3ccccc3n12)N1C(=O)C2CCCCC2C1=O. The van der Waals surface area contributed by atoms with Crippen LogP contribution in [-0.2, 0) is 32.8 Å². The van der Waals surface area contributed by atoms with E-state index in [1.54, 1.807) is 35.7 Å². The van der Waals surface area contributed by atoms with E-state index < -0.39 is 12.0 Å². The molecular weight excluding hydrogens is 414 g/mol. The molecule has 2 fully saturated rings. The van der Waals surface area contributed by atoms with Crippen molar-refractivity contribution in [2.45, 2.75) is 45.3 Å². The second-order valence-corrected chi connectivity index (χ2v) is 8.46. The third kappa shape index (κ3) is 2.93. The molecule has 2 unspecified atom stereocenters. The first-order chi connectivity index (χ1) is 15.4. The number of hydrogen-bond acceptors (Lipinski definition) is 7. The van der Waals surface area contributed by atoms with Crippen molar-refractivity contribution in [3.8, 4) is 0 Å². The molecule has 32 heavy (non-hydrogen) atoms. The molecule has 10 nitrogen and oxygen atoms in total. The molecule has 3 atom stereocenters. The highest BCUT2D eigenvalue weighted by molar-refractivity contribution is 6.07. The Bertz CT molecular complexity index is 1300. The Morgan fingerprint density at radius 2 is 1.75 bits per heavy atom. The zero-order chi connectivity index (χ0) is 22.6. The van der Waals surface area contributed by atoms with Gasteiger partial charge in [0, 0.05) is 7.05 Å². The minimum Gasteiger partial charge on any atom is -0.456 e. The summed E-state index contributed by atoms with van der Waals surface area (Å²) in [6.45, 7) is 1.30. The minimum atomic E-state index is -1.01. The molecule has 166 valence electrons. The van der Waals surface area contributed by atoms with Crippen LogP contribution in [0.15, 0.2) is 29.1 Å². The van der Waals surface area contributed by atoms with Gasteiger partial charge in [-0.3, -0.25) is 28.3 Å².